The number of hydrogen-bond acceptors (Lipinski definition) is 3. The van der Waals surface area contributed by atoms with Gasteiger partial charge in [0.2, 0.25) is 0 Å². The Morgan fingerprint density at radius 3 is 1.89 bits per heavy atom. The number of aliphatic hydroxyl groups is 1. The predicted octanol–water partition coefficient (Wildman–Crippen LogP) is 0.913. The first-order chi connectivity index (χ1) is 8.39. The summed E-state index contributed by atoms with van der Waals surface area (Å²) in [5.41, 5.74) is 0. The van der Waals surface area contributed by atoms with Gasteiger partial charge in [0, 0.05) is 19.6 Å². The van der Waals surface area contributed by atoms with Gasteiger partial charge in [0.15, 0.2) is 0 Å². The smallest absolute Gasteiger partial charge is 0.282 e. The van der Waals surface area contributed by atoms with Crippen molar-refractivity contribution in [2.75, 3.05) is 32.8 Å². The van der Waals surface area contributed by atoms with Crippen molar-refractivity contribution in [2.24, 2.45) is 0 Å². The van der Waals surface area contributed by atoms with Crippen LogP contribution in [0.4, 0.5) is 8.78 Å². The summed E-state index contributed by atoms with van der Waals surface area (Å²) in [7, 11) is -3.92. The molecule has 0 aromatic carbocycles. The van der Waals surface area contributed by atoms with Crippen LogP contribution >= 0.6 is 0 Å². The first-order valence-electron chi connectivity index (χ1n) is 6.04. The highest BCUT2D eigenvalue weighted by atomic mass is 32.2. The van der Waals surface area contributed by atoms with E-state index in [1.165, 1.54) is 4.31 Å². The van der Waals surface area contributed by atoms with E-state index in [1.807, 2.05) is 13.8 Å². The number of nitrogens with zero attached hydrogens (tertiary/aromatic N) is 2. The van der Waals surface area contributed by atoms with Crippen molar-refractivity contribution in [2.45, 2.75) is 33.1 Å². The number of alkyl halides is 2. The van der Waals surface area contributed by atoms with Crippen molar-refractivity contribution in [3.8, 4) is 0 Å². The molecule has 5 nitrogen and oxygen atoms in total. The Morgan fingerprint density at radius 1 is 1.06 bits per heavy atom. The molecule has 0 unspecified atom stereocenters. The third kappa shape index (κ3) is 5.55. The molecular weight excluding hydrogens is 266 g/mol. The van der Waals surface area contributed by atoms with E-state index in [1.54, 1.807) is 0 Å². The molecule has 18 heavy (non-hydrogen) atoms. The zero-order chi connectivity index (χ0) is 14.2. The van der Waals surface area contributed by atoms with E-state index in [-0.39, 0.29) is 6.54 Å². The lowest BCUT2D eigenvalue weighted by Crippen LogP contribution is -2.47. The summed E-state index contributed by atoms with van der Waals surface area (Å²) in [5.74, 6) is 0. The van der Waals surface area contributed by atoms with Gasteiger partial charge in [-0.1, -0.05) is 13.8 Å². The molecule has 0 radical (unpaired) electrons. The molecule has 0 spiro atoms. The summed E-state index contributed by atoms with van der Waals surface area (Å²) in [5, 5.41) is 8.78. The van der Waals surface area contributed by atoms with Crippen LogP contribution in [0.1, 0.15) is 26.7 Å². The Morgan fingerprint density at radius 2 is 1.56 bits per heavy atom. The molecule has 110 valence electrons. The molecule has 1 N–H and O–H groups in total. The lowest BCUT2D eigenvalue weighted by Gasteiger charge is -2.29. The molecule has 0 aromatic rings. The summed E-state index contributed by atoms with van der Waals surface area (Å²) in [6.07, 6.45) is -1.53. The Balaban J connectivity index is 4.97. The molecule has 0 fully saturated rings. The molecule has 0 rings (SSSR count). The van der Waals surface area contributed by atoms with Crippen molar-refractivity contribution in [1.82, 2.24) is 8.61 Å². The molecule has 0 aliphatic rings. The van der Waals surface area contributed by atoms with Gasteiger partial charge in [0.05, 0.1) is 13.2 Å². The summed E-state index contributed by atoms with van der Waals surface area (Å²) >= 11 is 0. The van der Waals surface area contributed by atoms with Gasteiger partial charge < -0.3 is 5.11 Å². The SMILES string of the molecule is CCCN(CCC)S(=O)(=O)N(CCO)CC(F)F. The molecule has 8 heteroatoms. The number of aliphatic hydroxyl groups excluding tert-OH is 1. The van der Waals surface area contributed by atoms with Gasteiger partial charge in [-0.3, -0.25) is 0 Å². The number of halogens is 2. The van der Waals surface area contributed by atoms with Crippen molar-refractivity contribution in [1.29, 1.82) is 0 Å². The highest BCUT2D eigenvalue weighted by Crippen LogP contribution is 2.12. The molecular formula is C10H22F2N2O3S. The lowest BCUT2D eigenvalue weighted by atomic mass is 10.4. The van der Waals surface area contributed by atoms with Crippen LogP contribution in [0.5, 0.6) is 0 Å². The van der Waals surface area contributed by atoms with Gasteiger partial charge >= 0.3 is 0 Å². The second kappa shape index (κ2) is 8.73. The van der Waals surface area contributed by atoms with Gasteiger partial charge in [-0.25, -0.2) is 8.78 Å². The van der Waals surface area contributed by atoms with Crippen LogP contribution in [0.3, 0.4) is 0 Å². The average Bonchev–Trinajstić information content (AvgIpc) is 2.27. The van der Waals surface area contributed by atoms with Gasteiger partial charge in [0.25, 0.3) is 16.6 Å². The third-order valence-corrected chi connectivity index (χ3v) is 4.29. The Labute approximate surface area is 108 Å². The molecule has 0 bridgehead atoms. The van der Waals surface area contributed by atoms with Crippen molar-refractivity contribution in [3.05, 3.63) is 0 Å². The Kier molecular flexibility index (Phi) is 8.58. The minimum Gasteiger partial charge on any atom is -0.395 e. The second-order valence-corrected chi connectivity index (χ2v) is 5.81. The minimum atomic E-state index is -3.92. The van der Waals surface area contributed by atoms with Gasteiger partial charge in [-0.15, -0.1) is 0 Å². The van der Waals surface area contributed by atoms with Crippen LogP contribution in [-0.2, 0) is 10.2 Å². The van der Waals surface area contributed by atoms with E-state index < -0.39 is 29.8 Å². The summed E-state index contributed by atoms with van der Waals surface area (Å²) in [6, 6.07) is 0. The quantitative estimate of drug-likeness (QED) is 0.650. The average molecular weight is 288 g/mol. The molecule has 0 aliphatic carbocycles. The van der Waals surface area contributed by atoms with Gasteiger partial charge in [0.1, 0.15) is 0 Å². The van der Waals surface area contributed by atoms with Gasteiger partial charge in [-0.2, -0.15) is 17.0 Å². The van der Waals surface area contributed by atoms with E-state index in [2.05, 4.69) is 0 Å². The monoisotopic (exact) mass is 288 g/mol. The van der Waals surface area contributed by atoms with E-state index in [9.17, 15) is 17.2 Å². The maximum atomic E-state index is 12.4. The first-order valence-corrected chi connectivity index (χ1v) is 7.44. The number of rotatable bonds is 10. The van der Waals surface area contributed by atoms with E-state index in [0.717, 1.165) is 0 Å². The van der Waals surface area contributed by atoms with Crippen molar-refractivity contribution in [3.63, 3.8) is 0 Å². The maximum absolute atomic E-state index is 12.4. The molecule has 0 aromatic heterocycles. The van der Waals surface area contributed by atoms with Crippen LogP contribution in [0.25, 0.3) is 0 Å². The minimum absolute atomic E-state index is 0.293. The summed E-state index contributed by atoms with van der Waals surface area (Å²) < 4.78 is 50.8. The first kappa shape index (κ1) is 17.7. The Hall–Kier alpha value is -0.310. The molecule has 0 atom stereocenters. The number of hydrogen-bond donors (Lipinski definition) is 1. The van der Waals surface area contributed by atoms with Crippen LogP contribution in [0.15, 0.2) is 0 Å². The van der Waals surface area contributed by atoms with Gasteiger partial charge in [-0.05, 0) is 12.8 Å². The van der Waals surface area contributed by atoms with Crippen molar-refractivity contribution >= 4 is 10.2 Å². The lowest BCUT2D eigenvalue weighted by molar-refractivity contribution is 0.110. The summed E-state index contributed by atoms with van der Waals surface area (Å²) in [4.78, 5) is 0. The van der Waals surface area contributed by atoms with E-state index in [4.69, 9.17) is 5.11 Å². The summed E-state index contributed by atoms with van der Waals surface area (Å²) in [6.45, 7) is 2.56. The fraction of sp³-hybridized carbons (Fsp3) is 1.00. The third-order valence-electron chi connectivity index (χ3n) is 2.29. The molecule has 0 saturated heterocycles. The van der Waals surface area contributed by atoms with Crippen molar-refractivity contribution < 1.29 is 22.3 Å². The standard InChI is InChI=1S/C10H22F2N2O3S/c1-3-5-13(6-4-2)18(16,17)14(7-8-15)9-10(11)12/h10,15H,3-9H2,1-2H3. The zero-order valence-corrected chi connectivity index (χ0v) is 11.7. The normalized spacial score (nSPS) is 12.9. The predicted molar refractivity (Wildman–Crippen MR) is 65.7 cm³/mol. The highest BCUT2D eigenvalue weighted by Gasteiger charge is 2.30. The van der Waals surface area contributed by atoms with Crippen LogP contribution in [0.2, 0.25) is 0 Å². The fourth-order valence-electron chi connectivity index (χ4n) is 1.57. The molecule has 0 saturated carbocycles. The fourth-order valence-corrected chi connectivity index (χ4v) is 3.34. The van der Waals surface area contributed by atoms with Crippen LogP contribution < -0.4 is 0 Å². The zero-order valence-electron chi connectivity index (χ0n) is 10.8. The maximum Gasteiger partial charge on any atom is 0.282 e. The molecule has 0 heterocycles. The largest absolute Gasteiger partial charge is 0.395 e. The molecule has 0 amide bonds. The highest BCUT2D eigenvalue weighted by molar-refractivity contribution is 7.86. The molecule has 0 aliphatic heterocycles. The van der Waals surface area contributed by atoms with E-state index in [0.29, 0.717) is 30.2 Å². The Bertz CT molecular complexity index is 306. The van der Waals surface area contributed by atoms with Crippen LogP contribution in [0, 0.1) is 0 Å². The van der Waals surface area contributed by atoms with E-state index >= 15 is 0 Å². The topological polar surface area (TPSA) is 60.9 Å². The second-order valence-electron chi connectivity index (χ2n) is 3.88. The van der Waals surface area contributed by atoms with Crippen LogP contribution in [-0.4, -0.2) is 61.3 Å².